The third-order valence-corrected chi connectivity index (χ3v) is 1.11. The highest BCUT2D eigenvalue weighted by molar-refractivity contribution is 4.47. The molecule has 0 N–H and O–H groups in total. The first kappa shape index (κ1) is 8.92. The van der Waals surface area contributed by atoms with Gasteiger partial charge >= 0.3 is 0 Å². The summed E-state index contributed by atoms with van der Waals surface area (Å²) in [6.45, 7) is 6.83. The Balaban J connectivity index is 3.41. The van der Waals surface area contributed by atoms with Gasteiger partial charge in [0.15, 0.2) is 6.29 Å². The SMILES string of the molecule is CCOC(OC)C(C)C. The molecule has 0 bridgehead atoms. The van der Waals surface area contributed by atoms with Crippen molar-refractivity contribution in [2.24, 2.45) is 5.92 Å². The zero-order valence-electron chi connectivity index (χ0n) is 6.68. The molecule has 0 saturated carbocycles. The van der Waals surface area contributed by atoms with Gasteiger partial charge in [-0.3, -0.25) is 0 Å². The monoisotopic (exact) mass is 132 g/mol. The van der Waals surface area contributed by atoms with Gasteiger partial charge in [-0.1, -0.05) is 13.8 Å². The third-order valence-electron chi connectivity index (χ3n) is 1.11. The average Bonchev–Trinajstić information content (AvgIpc) is 1.82. The third kappa shape index (κ3) is 3.49. The number of rotatable bonds is 4. The molecule has 0 radical (unpaired) electrons. The molecule has 0 aromatic carbocycles. The van der Waals surface area contributed by atoms with Gasteiger partial charge in [-0.2, -0.15) is 0 Å². The van der Waals surface area contributed by atoms with Gasteiger partial charge in [-0.15, -0.1) is 0 Å². The van der Waals surface area contributed by atoms with Gasteiger partial charge in [0.25, 0.3) is 0 Å². The van der Waals surface area contributed by atoms with Crippen molar-refractivity contribution in [3.05, 3.63) is 0 Å². The van der Waals surface area contributed by atoms with Crippen LogP contribution in [0.15, 0.2) is 0 Å². The fourth-order valence-electron chi connectivity index (χ4n) is 0.697. The molecule has 0 fully saturated rings. The van der Waals surface area contributed by atoms with Crippen LogP contribution in [0.5, 0.6) is 0 Å². The lowest BCUT2D eigenvalue weighted by Crippen LogP contribution is -2.21. The summed E-state index contributed by atoms with van der Waals surface area (Å²) < 4.78 is 10.3. The molecular formula is C7H16O2. The zero-order valence-corrected chi connectivity index (χ0v) is 6.68. The molecule has 0 aromatic heterocycles. The van der Waals surface area contributed by atoms with E-state index in [0.29, 0.717) is 5.92 Å². The van der Waals surface area contributed by atoms with Gasteiger partial charge in [0.1, 0.15) is 0 Å². The van der Waals surface area contributed by atoms with Crippen LogP contribution < -0.4 is 0 Å². The molecule has 0 spiro atoms. The highest BCUT2D eigenvalue weighted by Crippen LogP contribution is 2.05. The van der Waals surface area contributed by atoms with Crippen molar-refractivity contribution in [1.82, 2.24) is 0 Å². The number of hydrogen-bond acceptors (Lipinski definition) is 2. The summed E-state index contributed by atoms with van der Waals surface area (Å²) in [7, 11) is 1.67. The maximum atomic E-state index is 5.23. The maximum absolute atomic E-state index is 5.23. The lowest BCUT2D eigenvalue weighted by atomic mass is 10.2. The lowest BCUT2D eigenvalue weighted by molar-refractivity contribution is -0.145. The minimum Gasteiger partial charge on any atom is -0.356 e. The van der Waals surface area contributed by atoms with Crippen LogP contribution in [0, 0.1) is 5.92 Å². The van der Waals surface area contributed by atoms with Crippen LogP contribution in [0.1, 0.15) is 20.8 Å². The Morgan fingerprint density at radius 2 is 1.89 bits per heavy atom. The topological polar surface area (TPSA) is 18.5 Å². The van der Waals surface area contributed by atoms with Crippen molar-refractivity contribution < 1.29 is 9.47 Å². The Morgan fingerprint density at radius 3 is 2.00 bits per heavy atom. The van der Waals surface area contributed by atoms with Gasteiger partial charge in [0.2, 0.25) is 0 Å². The van der Waals surface area contributed by atoms with Crippen molar-refractivity contribution in [1.29, 1.82) is 0 Å². The number of ether oxygens (including phenoxy) is 2. The zero-order chi connectivity index (χ0) is 7.28. The first-order valence-corrected chi connectivity index (χ1v) is 3.36. The summed E-state index contributed by atoms with van der Waals surface area (Å²) in [5, 5.41) is 0. The molecule has 9 heavy (non-hydrogen) atoms. The molecule has 0 rings (SSSR count). The van der Waals surface area contributed by atoms with Crippen LogP contribution in [0.3, 0.4) is 0 Å². The highest BCUT2D eigenvalue weighted by atomic mass is 16.7. The van der Waals surface area contributed by atoms with E-state index in [1.165, 1.54) is 0 Å². The molecular weight excluding hydrogens is 116 g/mol. The Bertz CT molecular complexity index is 61.9. The first-order valence-electron chi connectivity index (χ1n) is 3.36. The first-order chi connectivity index (χ1) is 4.22. The van der Waals surface area contributed by atoms with Gasteiger partial charge < -0.3 is 9.47 Å². The van der Waals surface area contributed by atoms with E-state index in [0.717, 1.165) is 6.61 Å². The second kappa shape index (κ2) is 4.77. The summed E-state index contributed by atoms with van der Waals surface area (Å²) in [5.74, 6) is 0.440. The molecule has 0 aliphatic heterocycles. The summed E-state index contributed by atoms with van der Waals surface area (Å²) in [6.07, 6.45) is -0.0324. The van der Waals surface area contributed by atoms with E-state index in [9.17, 15) is 0 Å². The summed E-state index contributed by atoms with van der Waals surface area (Å²) in [6, 6.07) is 0. The van der Waals surface area contributed by atoms with Gasteiger partial charge in [-0.05, 0) is 6.92 Å². The van der Waals surface area contributed by atoms with E-state index in [-0.39, 0.29) is 6.29 Å². The van der Waals surface area contributed by atoms with Crippen molar-refractivity contribution in [2.75, 3.05) is 13.7 Å². The predicted octanol–water partition coefficient (Wildman–Crippen LogP) is 1.65. The second-order valence-electron chi connectivity index (χ2n) is 2.30. The largest absolute Gasteiger partial charge is 0.356 e. The summed E-state index contributed by atoms with van der Waals surface area (Å²) >= 11 is 0. The molecule has 0 saturated heterocycles. The minimum atomic E-state index is -0.0324. The Hall–Kier alpha value is -0.0800. The quantitative estimate of drug-likeness (QED) is 0.541. The standard InChI is InChI=1S/C7H16O2/c1-5-9-7(8-4)6(2)3/h6-7H,5H2,1-4H3. The molecule has 0 heterocycles. The molecule has 0 aromatic rings. The van der Waals surface area contributed by atoms with Crippen LogP contribution >= 0.6 is 0 Å². The average molecular weight is 132 g/mol. The maximum Gasteiger partial charge on any atom is 0.159 e. The van der Waals surface area contributed by atoms with E-state index < -0.39 is 0 Å². The summed E-state index contributed by atoms with van der Waals surface area (Å²) in [5.41, 5.74) is 0. The van der Waals surface area contributed by atoms with E-state index in [1.807, 2.05) is 6.92 Å². The van der Waals surface area contributed by atoms with E-state index in [2.05, 4.69) is 13.8 Å². The molecule has 0 amide bonds. The van der Waals surface area contributed by atoms with Crippen LogP contribution in [0.2, 0.25) is 0 Å². The van der Waals surface area contributed by atoms with Crippen LogP contribution in [-0.4, -0.2) is 20.0 Å². The normalized spacial score (nSPS) is 14.3. The van der Waals surface area contributed by atoms with Crippen LogP contribution in [0.25, 0.3) is 0 Å². The highest BCUT2D eigenvalue weighted by Gasteiger charge is 2.09. The van der Waals surface area contributed by atoms with Gasteiger partial charge in [0.05, 0.1) is 0 Å². The van der Waals surface area contributed by atoms with Gasteiger partial charge in [-0.25, -0.2) is 0 Å². The van der Waals surface area contributed by atoms with Crippen molar-refractivity contribution >= 4 is 0 Å². The number of hydrogen-bond donors (Lipinski definition) is 0. The second-order valence-corrected chi connectivity index (χ2v) is 2.30. The molecule has 2 heteroatoms. The molecule has 0 aliphatic carbocycles. The molecule has 1 atom stereocenters. The van der Waals surface area contributed by atoms with Crippen molar-refractivity contribution in [3.8, 4) is 0 Å². The molecule has 1 unspecified atom stereocenters. The van der Waals surface area contributed by atoms with Crippen molar-refractivity contribution in [3.63, 3.8) is 0 Å². The fraction of sp³-hybridized carbons (Fsp3) is 1.00. The molecule has 56 valence electrons. The lowest BCUT2D eigenvalue weighted by Gasteiger charge is -2.18. The Morgan fingerprint density at radius 1 is 1.33 bits per heavy atom. The summed E-state index contributed by atoms with van der Waals surface area (Å²) in [4.78, 5) is 0. The Kier molecular flexibility index (Phi) is 4.72. The number of methoxy groups -OCH3 is 1. The minimum absolute atomic E-state index is 0.0324. The predicted molar refractivity (Wildman–Crippen MR) is 37.3 cm³/mol. The van der Waals surface area contributed by atoms with Crippen molar-refractivity contribution in [2.45, 2.75) is 27.1 Å². The van der Waals surface area contributed by atoms with Crippen LogP contribution in [0.4, 0.5) is 0 Å². The Labute approximate surface area is 57.2 Å². The van der Waals surface area contributed by atoms with E-state index >= 15 is 0 Å². The fourth-order valence-corrected chi connectivity index (χ4v) is 0.697. The molecule has 2 nitrogen and oxygen atoms in total. The smallest absolute Gasteiger partial charge is 0.159 e. The van der Waals surface area contributed by atoms with Crippen LogP contribution in [-0.2, 0) is 9.47 Å². The molecule has 0 aliphatic rings. The van der Waals surface area contributed by atoms with E-state index in [4.69, 9.17) is 9.47 Å². The van der Waals surface area contributed by atoms with Gasteiger partial charge in [0, 0.05) is 19.6 Å². The van der Waals surface area contributed by atoms with E-state index in [1.54, 1.807) is 7.11 Å².